The number of carboxylic acid groups (broad SMARTS) is 1. The standard InChI is InChI=1S/C18H15NO5/c1-23-13-7-6-11-8-12(10-24-16(11)9-13)17(20)19-15-5-3-2-4-14(15)18(21)22/h2-9H,10H2,1H3,(H,19,20)(H,21,22). The van der Waals surface area contributed by atoms with E-state index in [0.717, 1.165) is 5.56 Å². The van der Waals surface area contributed by atoms with E-state index in [0.29, 0.717) is 17.1 Å². The summed E-state index contributed by atoms with van der Waals surface area (Å²) in [6.45, 7) is 0.0985. The normalized spacial score (nSPS) is 12.5. The van der Waals surface area contributed by atoms with Crippen LogP contribution in [0.25, 0.3) is 6.08 Å². The van der Waals surface area contributed by atoms with Gasteiger partial charge in [0.25, 0.3) is 5.91 Å². The number of fused-ring (bicyclic) bond motifs is 1. The number of carboxylic acids is 1. The van der Waals surface area contributed by atoms with Gasteiger partial charge in [-0.15, -0.1) is 0 Å². The maximum atomic E-state index is 12.4. The van der Waals surface area contributed by atoms with Gasteiger partial charge < -0.3 is 19.9 Å². The molecular formula is C18H15NO5. The van der Waals surface area contributed by atoms with Crippen LogP contribution in [0, 0.1) is 0 Å². The molecule has 0 spiro atoms. The third kappa shape index (κ3) is 3.08. The minimum absolute atomic E-state index is 0.0355. The van der Waals surface area contributed by atoms with Crippen molar-refractivity contribution in [3.8, 4) is 11.5 Å². The first kappa shape index (κ1) is 15.6. The second-order valence-corrected chi connectivity index (χ2v) is 5.17. The zero-order valence-electron chi connectivity index (χ0n) is 12.9. The van der Waals surface area contributed by atoms with Crippen molar-refractivity contribution in [1.82, 2.24) is 0 Å². The van der Waals surface area contributed by atoms with E-state index in [4.69, 9.17) is 14.6 Å². The van der Waals surface area contributed by atoms with Crippen LogP contribution in [-0.2, 0) is 4.79 Å². The third-order valence-electron chi connectivity index (χ3n) is 3.63. The fourth-order valence-corrected chi connectivity index (χ4v) is 2.38. The fourth-order valence-electron chi connectivity index (χ4n) is 2.38. The maximum Gasteiger partial charge on any atom is 0.337 e. The number of aromatic carboxylic acids is 1. The number of amides is 1. The lowest BCUT2D eigenvalue weighted by molar-refractivity contribution is -0.113. The molecule has 1 aliphatic rings. The van der Waals surface area contributed by atoms with Crippen molar-refractivity contribution in [2.24, 2.45) is 0 Å². The molecule has 0 saturated heterocycles. The lowest BCUT2D eigenvalue weighted by Crippen LogP contribution is -2.22. The van der Waals surface area contributed by atoms with Gasteiger partial charge in [0.1, 0.15) is 18.1 Å². The van der Waals surface area contributed by atoms with Crippen molar-refractivity contribution < 1.29 is 24.2 Å². The van der Waals surface area contributed by atoms with Gasteiger partial charge in [-0.05, 0) is 30.3 Å². The molecule has 0 unspecified atom stereocenters. The summed E-state index contributed by atoms with van der Waals surface area (Å²) in [6, 6.07) is 11.6. The van der Waals surface area contributed by atoms with Crippen LogP contribution in [0.2, 0.25) is 0 Å². The van der Waals surface area contributed by atoms with Crippen LogP contribution in [0.5, 0.6) is 11.5 Å². The van der Waals surface area contributed by atoms with E-state index < -0.39 is 11.9 Å². The summed E-state index contributed by atoms with van der Waals surface area (Å²) in [6.07, 6.45) is 1.72. The summed E-state index contributed by atoms with van der Waals surface area (Å²) in [4.78, 5) is 23.6. The second kappa shape index (κ2) is 6.45. The smallest absolute Gasteiger partial charge is 0.337 e. The van der Waals surface area contributed by atoms with Gasteiger partial charge in [-0.25, -0.2) is 4.79 Å². The lowest BCUT2D eigenvalue weighted by atomic mass is 10.1. The molecule has 0 aromatic heterocycles. The van der Waals surface area contributed by atoms with Crippen LogP contribution >= 0.6 is 0 Å². The lowest BCUT2D eigenvalue weighted by Gasteiger charge is -2.18. The molecule has 1 aliphatic heterocycles. The van der Waals surface area contributed by atoms with Crippen LogP contribution in [0.1, 0.15) is 15.9 Å². The fraction of sp³-hybridized carbons (Fsp3) is 0.111. The molecule has 0 saturated carbocycles. The Hall–Kier alpha value is -3.28. The molecule has 0 atom stereocenters. The molecule has 2 aromatic carbocycles. The number of benzene rings is 2. The Morgan fingerprint density at radius 3 is 2.75 bits per heavy atom. The predicted octanol–water partition coefficient (Wildman–Crippen LogP) is 2.81. The highest BCUT2D eigenvalue weighted by atomic mass is 16.5. The van der Waals surface area contributed by atoms with Crippen LogP contribution in [0.3, 0.4) is 0 Å². The van der Waals surface area contributed by atoms with Gasteiger partial charge in [-0.2, -0.15) is 0 Å². The zero-order valence-corrected chi connectivity index (χ0v) is 12.9. The van der Waals surface area contributed by atoms with Crippen molar-refractivity contribution in [2.45, 2.75) is 0 Å². The van der Waals surface area contributed by atoms with Gasteiger partial charge >= 0.3 is 5.97 Å². The number of nitrogens with one attached hydrogen (secondary N) is 1. The number of carbonyl (C=O) groups is 2. The van der Waals surface area contributed by atoms with Crippen molar-refractivity contribution in [1.29, 1.82) is 0 Å². The highest BCUT2D eigenvalue weighted by molar-refractivity contribution is 6.10. The quantitative estimate of drug-likeness (QED) is 0.903. The van der Waals surface area contributed by atoms with Crippen molar-refractivity contribution in [3.05, 3.63) is 59.2 Å². The summed E-state index contributed by atoms with van der Waals surface area (Å²) in [5.41, 5.74) is 1.45. The van der Waals surface area contributed by atoms with Gasteiger partial charge in [-0.1, -0.05) is 12.1 Å². The maximum absolute atomic E-state index is 12.4. The second-order valence-electron chi connectivity index (χ2n) is 5.17. The average molecular weight is 325 g/mol. The van der Waals surface area contributed by atoms with Gasteiger partial charge in [0.2, 0.25) is 0 Å². The summed E-state index contributed by atoms with van der Waals surface area (Å²) in [7, 11) is 1.57. The molecule has 6 heteroatoms. The van der Waals surface area contributed by atoms with Crippen molar-refractivity contribution >= 4 is 23.6 Å². The number of methoxy groups -OCH3 is 1. The molecule has 122 valence electrons. The van der Waals surface area contributed by atoms with E-state index in [1.54, 1.807) is 49.6 Å². The summed E-state index contributed by atoms with van der Waals surface area (Å²) >= 11 is 0. The Labute approximate surface area is 138 Å². The molecule has 0 radical (unpaired) electrons. The molecule has 1 heterocycles. The highest BCUT2D eigenvalue weighted by Crippen LogP contribution is 2.30. The van der Waals surface area contributed by atoms with E-state index in [1.165, 1.54) is 6.07 Å². The predicted molar refractivity (Wildman–Crippen MR) is 88.5 cm³/mol. The Morgan fingerprint density at radius 1 is 1.21 bits per heavy atom. The van der Waals surface area contributed by atoms with E-state index >= 15 is 0 Å². The van der Waals surface area contributed by atoms with Crippen molar-refractivity contribution in [3.63, 3.8) is 0 Å². The minimum Gasteiger partial charge on any atom is -0.497 e. The van der Waals surface area contributed by atoms with E-state index in [-0.39, 0.29) is 17.9 Å². The third-order valence-corrected chi connectivity index (χ3v) is 3.63. The van der Waals surface area contributed by atoms with Crippen molar-refractivity contribution in [2.75, 3.05) is 19.0 Å². The van der Waals surface area contributed by atoms with Gasteiger partial charge in [0, 0.05) is 11.6 Å². The highest BCUT2D eigenvalue weighted by Gasteiger charge is 2.19. The average Bonchev–Trinajstić information content (AvgIpc) is 2.61. The minimum atomic E-state index is -1.10. The Kier molecular flexibility index (Phi) is 4.20. The Bertz CT molecular complexity index is 841. The summed E-state index contributed by atoms with van der Waals surface area (Å²) in [5.74, 6) is -0.190. The number of ether oxygens (including phenoxy) is 2. The molecule has 2 aromatic rings. The zero-order chi connectivity index (χ0) is 17.1. The molecule has 0 bridgehead atoms. The largest absolute Gasteiger partial charge is 0.497 e. The van der Waals surface area contributed by atoms with Gasteiger partial charge in [0.05, 0.1) is 23.9 Å². The Balaban J connectivity index is 1.83. The first-order valence-electron chi connectivity index (χ1n) is 7.23. The number of rotatable bonds is 4. The van der Waals surface area contributed by atoms with E-state index in [1.807, 2.05) is 0 Å². The van der Waals surface area contributed by atoms with Crippen LogP contribution < -0.4 is 14.8 Å². The molecular weight excluding hydrogens is 310 g/mol. The number of para-hydroxylation sites is 1. The molecule has 3 rings (SSSR count). The monoisotopic (exact) mass is 325 g/mol. The first-order chi connectivity index (χ1) is 11.6. The molecule has 1 amide bonds. The van der Waals surface area contributed by atoms with Crippen LogP contribution in [0.4, 0.5) is 5.69 Å². The van der Waals surface area contributed by atoms with Crippen LogP contribution in [-0.4, -0.2) is 30.7 Å². The molecule has 6 nitrogen and oxygen atoms in total. The van der Waals surface area contributed by atoms with Gasteiger partial charge in [0.15, 0.2) is 0 Å². The van der Waals surface area contributed by atoms with E-state index in [9.17, 15) is 9.59 Å². The number of hydrogen-bond acceptors (Lipinski definition) is 4. The SMILES string of the molecule is COc1ccc2c(c1)OCC(C(=O)Nc1ccccc1C(=O)O)=C2. The molecule has 0 fully saturated rings. The molecule has 2 N–H and O–H groups in total. The first-order valence-corrected chi connectivity index (χ1v) is 7.23. The van der Waals surface area contributed by atoms with Crippen LogP contribution in [0.15, 0.2) is 48.0 Å². The van der Waals surface area contributed by atoms with Gasteiger partial charge in [-0.3, -0.25) is 4.79 Å². The van der Waals surface area contributed by atoms with E-state index in [2.05, 4.69) is 5.32 Å². The topological polar surface area (TPSA) is 84.9 Å². The molecule has 24 heavy (non-hydrogen) atoms. The summed E-state index contributed by atoms with van der Waals surface area (Å²) in [5, 5.41) is 11.8. The number of anilines is 1. The number of hydrogen-bond donors (Lipinski definition) is 2. The Morgan fingerprint density at radius 2 is 2.00 bits per heavy atom. The number of carbonyl (C=O) groups excluding carboxylic acids is 1. The summed E-state index contributed by atoms with van der Waals surface area (Å²) < 4.78 is 10.7. The molecule has 0 aliphatic carbocycles.